The monoisotopic (exact) mass is 875 g/mol. The molecular formula is C62H37NOS2. The molecule has 0 saturated heterocycles. The van der Waals surface area contributed by atoms with E-state index in [-0.39, 0.29) is 0 Å². The molecule has 66 heavy (non-hydrogen) atoms. The van der Waals surface area contributed by atoms with E-state index in [1.807, 2.05) is 23.1 Å². The fourth-order valence-corrected chi connectivity index (χ4v) is 14.7. The summed E-state index contributed by atoms with van der Waals surface area (Å²) in [5.74, 6) is 1.80. The molecule has 0 radical (unpaired) electrons. The Hall–Kier alpha value is -7.63. The van der Waals surface area contributed by atoms with Crippen LogP contribution in [-0.4, -0.2) is 0 Å². The summed E-state index contributed by atoms with van der Waals surface area (Å²) in [5, 5.41) is 2.59. The van der Waals surface area contributed by atoms with E-state index in [2.05, 4.69) is 229 Å². The summed E-state index contributed by atoms with van der Waals surface area (Å²) in [4.78, 5) is 5.16. The average molecular weight is 876 g/mol. The van der Waals surface area contributed by atoms with Crippen molar-refractivity contribution >= 4 is 60.3 Å². The number of ether oxygens (including phenoxy) is 1. The maximum absolute atomic E-state index is 6.68. The minimum atomic E-state index is -0.546. The molecule has 0 N–H and O–H groups in total. The minimum Gasteiger partial charge on any atom is -0.457 e. The Bertz CT molecular complexity index is 3790. The zero-order valence-electron chi connectivity index (χ0n) is 35.5. The van der Waals surface area contributed by atoms with E-state index in [9.17, 15) is 0 Å². The molecule has 15 rings (SSSR count). The second-order valence-electron chi connectivity index (χ2n) is 17.8. The number of anilines is 3. The van der Waals surface area contributed by atoms with Crippen LogP contribution in [0.4, 0.5) is 17.1 Å². The smallest absolute Gasteiger partial charge is 0.132 e. The number of rotatable bonds is 3. The molecule has 2 aliphatic heterocycles. The van der Waals surface area contributed by atoms with Crippen LogP contribution in [-0.2, 0) is 10.8 Å². The molecule has 2 spiro atoms. The molecule has 4 aliphatic rings. The van der Waals surface area contributed by atoms with Crippen LogP contribution in [0.2, 0.25) is 0 Å². The normalized spacial score (nSPS) is 14.7. The number of nitrogens with zero attached hydrogens (tertiary/aromatic N) is 1. The van der Waals surface area contributed by atoms with Crippen LogP contribution in [0.3, 0.4) is 0 Å². The highest BCUT2D eigenvalue weighted by atomic mass is 32.2. The van der Waals surface area contributed by atoms with Crippen LogP contribution in [0, 0.1) is 0 Å². The third kappa shape index (κ3) is 4.62. The van der Waals surface area contributed by atoms with E-state index in [1.54, 1.807) is 0 Å². The standard InChI is InChI=1S/C62H37NOS2/c1-4-19-45-40(16-1)44-36-38(33-35-47(44)61(45)48-21-6-10-27-54(48)64-55-28-11-7-22-49(55)61)63(39-32-34-42-41-17-3-12-29-56(41)65-59(42)37-39)53-26-15-25-52-60(53)43-18-2-5-20-46(43)62(52)50-23-8-13-30-57(50)66-58-31-14-9-24-51(58)62/h1-37H. The third-order valence-electron chi connectivity index (χ3n) is 14.8. The first-order valence-corrected chi connectivity index (χ1v) is 24.3. The Kier molecular flexibility index (Phi) is 7.48. The molecule has 2 nitrogen and oxygen atoms in total. The number of fused-ring (bicyclic) bond motifs is 21. The van der Waals surface area contributed by atoms with Gasteiger partial charge in [-0.2, -0.15) is 0 Å². The van der Waals surface area contributed by atoms with Crippen LogP contribution >= 0.6 is 23.1 Å². The van der Waals surface area contributed by atoms with Crippen LogP contribution in [0.25, 0.3) is 42.4 Å². The lowest BCUT2D eigenvalue weighted by Gasteiger charge is -2.40. The summed E-state index contributed by atoms with van der Waals surface area (Å²) in [6.45, 7) is 0. The number of benzene rings is 10. The number of hydrogen-bond donors (Lipinski definition) is 0. The molecule has 4 heteroatoms. The summed E-state index contributed by atoms with van der Waals surface area (Å²) in [7, 11) is 0. The first kappa shape index (κ1) is 36.7. The molecule has 0 fully saturated rings. The fourth-order valence-electron chi connectivity index (χ4n) is 12.3. The van der Waals surface area contributed by atoms with Crippen molar-refractivity contribution in [1.82, 2.24) is 0 Å². The molecule has 1 aromatic heterocycles. The summed E-state index contributed by atoms with van der Waals surface area (Å²) in [6, 6.07) is 83.8. The molecule has 0 saturated carbocycles. The van der Waals surface area contributed by atoms with Gasteiger partial charge in [-0.25, -0.2) is 0 Å². The Morgan fingerprint density at radius 1 is 0.348 bits per heavy atom. The highest BCUT2D eigenvalue weighted by molar-refractivity contribution is 7.99. The van der Waals surface area contributed by atoms with Gasteiger partial charge in [0.05, 0.1) is 16.5 Å². The lowest BCUT2D eigenvalue weighted by molar-refractivity contribution is 0.436. The Morgan fingerprint density at radius 3 is 1.61 bits per heavy atom. The average Bonchev–Trinajstić information content (AvgIpc) is 3.99. The molecule has 10 aromatic carbocycles. The van der Waals surface area contributed by atoms with Crippen LogP contribution in [0.1, 0.15) is 44.5 Å². The lowest BCUT2D eigenvalue weighted by Crippen LogP contribution is -2.32. The molecule has 11 aromatic rings. The maximum atomic E-state index is 6.68. The van der Waals surface area contributed by atoms with Crippen LogP contribution in [0.5, 0.6) is 11.5 Å². The van der Waals surface area contributed by atoms with Crippen molar-refractivity contribution in [1.29, 1.82) is 0 Å². The van der Waals surface area contributed by atoms with E-state index in [0.29, 0.717) is 0 Å². The summed E-state index contributed by atoms with van der Waals surface area (Å²) >= 11 is 3.76. The molecule has 0 amide bonds. The quantitative estimate of drug-likeness (QED) is 0.175. The zero-order valence-corrected chi connectivity index (χ0v) is 37.2. The van der Waals surface area contributed by atoms with Gasteiger partial charge in [-0.1, -0.05) is 176 Å². The van der Waals surface area contributed by atoms with Gasteiger partial charge in [-0.15, -0.1) is 11.3 Å². The Morgan fingerprint density at radius 2 is 0.864 bits per heavy atom. The summed E-state index contributed by atoms with van der Waals surface area (Å²) < 4.78 is 9.26. The first-order chi connectivity index (χ1) is 32.7. The van der Waals surface area contributed by atoms with Crippen molar-refractivity contribution in [3.05, 3.63) is 269 Å². The molecule has 2 aliphatic carbocycles. The van der Waals surface area contributed by atoms with E-state index in [1.165, 1.54) is 96.7 Å². The van der Waals surface area contributed by atoms with Gasteiger partial charge < -0.3 is 9.64 Å². The predicted molar refractivity (Wildman–Crippen MR) is 273 cm³/mol. The van der Waals surface area contributed by atoms with Gasteiger partial charge in [0.1, 0.15) is 11.5 Å². The second kappa shape index (κ2) is 13.5. The zero-order chi connectivity index (χ0) is 43.1. The molecular weight excluding hydrogens is 839 g/mol. The second-order valence-corrected chi connectivity index (χ2v) is 20.0. The van der Waals surface area contributed by atoms with Gasteiger partial charge >= 0.3 is 0 Å². The first-order valence-electron chi connectivity index (χ1n) is 22.7. The van der Waals surface area contributed by atoms with Gasteiger partial charge in [0.15, 0.2) is 0 Å². The highest BCUT2D eigenvalue weighted by Crippen LogP contribution is 2.66. The molecule has 308 valence electrons. The molecule has 0 atom stereocenters. The number of para-hydroxylation sites is 2. The number of hydrogen-bond acceptors (Lipinski definition) is 4. The summed E-state index contributed by atoms with van der Waals surface area (Å²) in [5.41, 5.74) is 17.6. The van der Waals surface area contributed by atoms with Crippen LogP contribution < -0.4 is 9.64 Å². The fraction of sp³-hybridized carbons (Fsp3) is 0.0323. The van der Waals surface area contributed by atoms with Crippen LogP contribution in [0.15, 0.2) is 234 Å². The predicted octanol–water partition coefficient (Wildman–Crippen LogP) is 16.8. The van der Waals surface area contributed by atoms with Crippen molar-refractivity contribution in [2.24, 2.45) is 0 Å². The number of thiophene rings is 1. The molecule has 3 heterocycles. The van der Waals surface area contributed by atoms with E-state index >= 15 is 0 Å². The van der Waals surface area contributed by atoms with Crippen molar-refractivity contribution in [2.45, 2.75) is 20.6 Å². The van der Waals surface area contributed by atoms with E-state index in [4.69, 9.17) is 4.74 Å². The SMILES string of the molecule is c1ccc2c(c1)Oc1ccccc1C21c2ccccc2-c2cc(N(c3ccc4c(c3)sc3ccccc34)c3cccc4c3-c3ccccc3C43c4ccccc4Sc4ccccc43)ccc21. The largest absolute Gasteiger partial charge is 0.457 e. The van der Waals surface area contributed by atoms with Crippen molar-refractivity contribution in [3.8, 4) is 33.8 Å². The van der Waals surface area contributed by atoms with E-state index in [0.717, 1.165) is 28.6 Å². The van der Waals surface area contributed by atoms with E-state index < -0.39 is 10.8 Å². The Labute approximate surface area is 391 Å². The Balaban J connectivity index is 1.03. The van der Waals surface area contributed by atoms with Crippen molar-refractivity contribution in [3.63, 3.8) is 0 Å². The van der Waals surface area contributed by atoms with Crippen molar-refractivity contribution in [2.75, 3.05) is 4.90 Å². The van der Waals surface area contributed by atoms with Gasteiger partial charge in [0.2, 0.25) is 0 Å². The highest BCUT2D eigenvalue weighted by Gasteiger charge is 2.53. The molecule has 0 bridgehead atoms. The summed E-state index contributed by atoms with van der Waals surface area (Å²) in [6.07, 6.45) is 0. The van der Waals surface area contributed by atoms with Gasteiger partial charge in [0, 0.05) is 58.0 Å². The van der Waals surface area contributed by atoms with Crippen molar-refractivity contribution < 1.29 is 4.74 Å². The van der Waals surface area contributed by atoms with Gasteiger partial charge in [-0.05, 0) is 111 Å². The molecule has 0 unspecified atom stereocenters. The third-order valence-corrected chi connectivity index (χ3v) is 17.1. The maximum Gasteiger partial charge on any atom is 0.132 e. The minimum absolute atomic E-state index is 0.492. The van der Waals surface area contributed by atoms with Gasteiger partial charge in [-0.3, -0.25) is 0 Å². The lowest BCUT2D eigenvalue weighted by atomic mass is 9.66. The van der Waals surface area contributed by atoms with Gasteiger partial charge in [0.25, 0.3) is 0 Å². The topological polar surface area (TPSA) is 12.5 Å².